The summed E-state index contributed by atoms with van der Waals surface area (Å²) in [5.74, 6) is 0.963. The van der Waals surface area contributed by atoms with E-state index in [9.17, 15) is 0 Å². The predicted octanol–water partition coefficient (Wildman–Crippen LogP) is 7.74. The number of rotatable bonds is 2. The van der Waals surface area contributed by atoms with Crippen LogP contribution in [-0.2, 0) is 7.05 Å². The molecule has 0 aliphatic rings. The van der Waals surface area contributed by atoms with E-state index in [4.69, 9.17) is 4.98 Å². The molecule has 0 spiro atoms. The van der Waals surface area contributed by atoms with E-state index in [-0.39, 0.29) is 0 Å². The number of aromatic nitrogens is 4. The molecule has 0 aliphatic heterocycles. The van der Waals surface area contributed by atoms with Gasteiger partial charge in [-0.3, -0.25) is 4.40 Å². The summed E-state index contributed by atoms with van der Waals surface area (Å²) in [7, 11) is 2.09. The molecule has 0 radical (unpaired) electrons. The molecule has 36 heavy (non-hydrogen) atoms. The van der Waals surface area contributed by atoms with Crippen LogP contribution in [0.3, 0.4) is 0 Å². The van der Waals surface area contributed by atoms with Crippen LogP contribution in [0.5, 0.6) is 0 Å². The zero-order valence-corrected chi connectivity index (χ0v) is 19.8. The highest BCUT2D eigenvalue weighted by atomic mass is 15.2. The Morgan fingerprint density at radius 1 is 0.528 bits per heavy atom. The zero-order valence-electron chi connectivity index (χ0n) is 19.8. The maximum atomic E-state index is 4.88. The van der Waals surface area contributed by atoms with Crippen LogP contribution in [0, 0.1) is 0 Å². The molecule has 8 rings (SSSR count). The highest BCUT2D eigenvalue weighted by Crippen LogP contribution is 2.36. The molecule has 0 unspecified atom stereocenters. The number of benzene rings is 5. The first-order valence-electron chi connectivity index (χ1n) is 12.2. The fraction of sp³-hybridized carbons (Fsp3) is 0.0312. The van der Waals surface area contributed by atoms with Gasteiger partial charge in [-0.05, 0) is 65.7 Å². The molecule has 5 aromatic carbocycles. The summed E-state index contributed by atoms with van der Waals surface area (Å²) in [6.45, 7) is 0. The number of aryl methyl sites for hydroxylation is 1. The number of hydrogen-bond acceptors (Lipinski definition) is 1. The van der Waals surface area contributed by atoms with Gasteiger partial charge in [-0.25, -0.2) is 4.98 Å². The fourth-order valence-electron chi connectivity index (χ4n) is 5.76. The van der Waals surface area contributed by atoms with Gasteiger partial charge in [0.05, 0.1) is 33.1 Å². The van der Waals surface area contributed by atoms with E-state index >= 15 is 0 Å². The van der Waals surface area contributed by atoms with Crippen LogP contribution in [0.4, 0.5) is 0 Å². The van der Waals surface area contributed by atoms with E-state index in [1.165, 1.54) is 49.7 Å². The van der Waals surface area contributed by atoms with Crippen molar-refractivity contribution >= 4 is 49.7 Å². The fourth-order valence-corrected chi connectivity index (χ4v) is 5.76. The lowest BCUT2D eigenvalue weighted by atomic mass is 10.0. The number of hydrogen-bond donors (Lipinski definition) is 0. The second-order valence-electron chi connectivity index (χ2n) is 9.42. The summed E-state index contributed by atoms with van der Waals surface area (Å²) in [4.78, 5) is 4.88. The molecule has 0 amide bonds. The molecule has 0 atom stereocenters. The lowest BCUT2D eigenvalue weighted by molar-refractivity contribution is 0.974. The van der Waals surface area contributed by atoms with Crippen molar-refractivity contribution in [2.45, 2.75) is 0 Å². The van der Waals surface area contributed by atoms with Gasteiger partial charge in [-0.1, -0.05) is 60.7 Å². The smallest absolute Gasteiger partial charge is 0.215 e. The summed E-state index contributed by atoms with van der Waals surface area (Å²) in [5, 5.41) is 2.53. The molecule has 8 aromatic rings. The Morgan fingerprint density at radius 3 is 2.06 bits per heavy atom. The van der Waals surface area contributed by atoms with Gasteiger partial charge in [-0.2, -0.15) is 0 Å². The first kappa shape index (κ1) is 19.5. The van der Waals surface area contributed by atoms with Gasteiger partial charge in [0.1, 0.15) is 0 Å². The maximum Gasteiger partial charge on any atom is 0.215 e. The molecule has 3 heterocycles. The van der Waals surface area contributed by atoms with E-state index in [0.29, 0.717) is 0 Å². The summed E-state index contributed by atoms with van der Waals surface area (Å²) in [6.07, 6.45) is 0. The number of imidazole rings is 2. The number of nitrogens with zero attached hydrogens (tertiary/aromatic N) is 4. The van der Waals surface area contributed by atoms with E-state index in [2.05, 4.69) is 130 Å². The second-order valence-corrected chi connectivity index (χ2v) is 9.42. The van der Waals surface area contributed by atoms with Crippen LogP contribution in [0.15, 0.2) is 115 Å². The van der Waals surface area contributed by atoms with Gasteiger partial charge in [0, 0.05) is 23.5 Å². The Hall–Kier alpha value is -4.83. The lowest BCUT2D eigenvalue weighted by Crippen LogP contribution is -1.92. The van der Waals surface area contributed by atoms with Crippen LogP contribution in [0.25, 0.3) is 66.5 Å². The summed E-state index contributed by atoms with van der Waals surface area (Å²) in [6, 6.07) is 41.2. The minimum atomic E-state index is 0.963. The summed E-state index contributed by atoms with van der Waals surface area (Å²) >= 11 is 0. The molecule has 0 N–H and O–H groups in total. The predicted molar refractivity (Wildman–Crippen MR) is 149 cm³/mol. The third-order valence-corrected chi connectivity index (χ3v) is 7.44. The van der Waals surface area contributed by atoms with Crippen LogP contribution in [0.1, 0.15) is 0 Å². The van der Waals surface area contributed by atoms with E-state index in [1.54, 1.807) is 0 Å². The molecule has 3 aromatic heterocycles. The molecule has 0 bridgehead atoms. The zero-order chi connectivity index (χ0) is 23.8. The molecule has 170 valence electrons. The Morgan fingerprint density at radius 2 is 1.19 bits per heavy atom. The number of fused-ring (bicyclic) bond motifs is 8. The van der Waals surface area contributed by atoms with Crippen LogP contribution in [-0.4, -0.2) is 18.5 Å². The second kappa shape index (κ2) is 7.09. The Bertz CT molecular complexity index is 2110. The van der Waals surface area contributed by atoms with Gasteiger partial charge in [0.15, 0.2) is 0 Å². The van der Waals surface area contributed by atoms with Gasteiger partial charge in [0.25, 0.3) is 0 Å². The average Bonchev–Trinajstić information content (AvgIpc) is 3.57. The third-order valence-electron chi connectivity index (χ3n) is 7.44. The van der Waals surface area contributed by atoms with Crippen molar-refractivity contribution in [3.8, 4) is 16.8 Å². The standard InChI is InChI=1S/C32H22N4/c1-34-30-18-16-22(20-31(30)36-29-14-8-6-12-26(29)33-32(34)36)21-15-17-28-25(19-21)24-11-5-7-13-27(24)35(28)23-9-3-2-4-10-23/h2-20H,1H3. The third kappa shape index (κ3) is 2.56. The van der Waals surface area contributed by atoms with Crippen molar-refractivity contribution in [2.24, 2.45) is 7.05 Å². The highest BCUT2D eigenvalue weighted by Gasteiger charge is 2.16. The first-order valence-corrected chi connectivity index (χ1v) is 12.2. The van der Waals surface area contributed by atoms with Crippen molar-refractivity contribution in [2.75, 3.05) is 0 Å². The molecule has 0 fully saturated rings. The van der Waals surface area contributed by atoms with E-state index in [0.717, 1.165) is 16.8 Å². The van der Waals surface area contributed by atoms with E-state index in [1.807, 2.05) is 6.07 Å². The topological polar surface area (TPSA) is 27.2 Å². The maximum absolute atomic E-state index is 4.88. The quantitative estimate of drug-likeness (QED) is 0.258. The van der Waals surface area contributed by atoms with E-state index < -0.39 is 0 Å². The largest absolute Gasteiger partial charge is 0.313 e. The van der Waals surface area contributed by atoms with Gasteiger partial charge in [-0.15, -0.1) is 0 Å². The monoisotopic (exact) mass is 462 g/mol. The Kier molecular flexibility index (Phi) is 3.84. The Labute approximate surface area is 207 Å². The number of para-hydroxylation sites is 4. The molecule has 4 nitrogen and oxygen atoms in total. The van der Waals surface area contributed by atoms with Gasteiger partial charge in [0.2, 0.25) is 5.78 Å². The minimum Gasteiger partial charge on any atom is -0.313 e. The normalized spacial score (nSPS) is 12.0. The molecule has 4 heteroatoms. The van der Waals surface area contributed by atoms with Crippen LogP contribution in [0.2, 0.25) is 0 Å². The molecular formula is C32H22N4. The SMILES string of the molecule is Cn1c2ccc(-c3ccc4c(c3)c3ccccc3n4-c3ccccc3)cc2n2c3ccccc3nc12. The summed E-state index contributed by atoms with van der Waals surface area (Å²) < 4.78 is 6.81. The van der Waals surface area contributed by atoms with Crippen LogP contribution >= 0.6 is 0 Å². The Balaban J connectivity index is 1.39. The van der Waals surface area contributed by atoms with Crippen molar-refractivity contribution in [3.63, 3.8) is 0 Å². The van der Waals surface area contributed by atoms with Crippen molar-refractivity contribution in [3.05, 3.63) is 115 Å². The average molecular weight is 463 g/mol. The lowest BCUT2D eigenvalue weighted by Gasteiger charge is -2.08. The first-order chi connectivity index (χ1) is 17.8. The van der Waals surface area contributed by atoms with Crippen molar-refractivity contribution in [1.29, 1.82) is 0 Å². The summed E-state index contributed by atoms with van der Waals surface area (Å²) in [5.41, 5.74) is 10.5. The van der Waals surface area contributed by atoms with Crippen LogP contribution < -0.4 is 0 Å². The molecule has 0 saturated carbocycles. The molecular weight excluding hydrogens is 440 g/mol. The van der Waals surface area contributed by atoms with Gasteiger partial charge < -0.3 is 9.13 Å². The molecule has 0 aliphatic carbocycles. The minimum absolute atomic E-state index is 0.963. The molecule has 0 saturated heterocycles. The van der Waals surface area contributed by atoms with Gasteiger partial charge >= 0.3 is 0 Å². The highest BCUT2D eigenvalue weighted by molar-refractivity contribution is 6.10. The van der Waals surface area contributed by atoms with Crippen molar-refractivity contribution < 1.29 is 0 Å². The van der Waals surface area contributed by atoms with Crippen molar-refractivity contribution in [1.82, 2.24) is 18.5 Å².